The van der Waals surface area contributed by atoms with Gasteiger partial charge < -0.3 is 15.0 Å². The van der Waals surface area contributed by atoms with Crippen molar-refractivity contribution in [3.63, 3.8) is 0 Å². The summed E-state index contributed by atoms with van der Waals surface area (Å²) in [6.45, 7) is 0.333. The van der Waals surface area contributed by atoms with E-state index in [9.17, 15) is 4.79 Å². The van der Waals surface area contributed by atoms with Crippen molar-refractivity contribution < 1.29 is 9.53 Å². The summed E-state index contributed by atoms with van der Waals surface area (Å²) in [7, 11) is 3.90. The quantitative estimate of drug-likeness (QED) is 0.903. The van der Waals surface area contributed by atoms with Gasteiger partial charge in [0, 0.05) is 24.8 Å². The number of carbonyl (C=O) groups is 1. The van der Waals surface area contributed by atoms with Crippen molar-refractivity contribution >= 4 is 35.8 Å². The van der Waals surface area contributed by atoms with Crippen molar-refractivity contribution in [3.05, 3.63) is 28.8 Å². The third-order valence-corrected chi connectivity index (χ3v) is 2.88. The van der Waals surface area contributed by atoms with Gasteiger partial charge in [0.2, 0.25) is 0 Å². The van der Waals surface area contributed by atoms with Gasteiger partial charge in [0.1, 0.15) is 6.61 Å². The largest absolute Gasteiger partial charge is 0.447 e. The second-order valence-corrected chi connectivity index (χ2v) is 4.30. The number of hydrogen-bond acceptors (Lipinski definition) is 3. The van der Waals surface area contributed by atoms with Gasteiger partial charge in [-0.05, 0) is 17.7 Å². The molecule has 1 aromatic rings. The Hall–Kier alpha value is -1.13. The molecule has 0 saturated carbocycles. The second-order valence-electron chi connectivity index (χ2n) is 3.90. The zero-order valence-electron chi connectivity index (χ0n) is 9.57. The van der Waals surface area contributed by atoms with Crippen LogP contribution in [0.25, 0.3) is 0 Å². The standard InChI is InChI=1S/C11H13ClN2O2.ClH/c1-14(2)7-3-4-8(9(12)5-7)10-6-16-11(15)13-10;/h3-5,10H,6H2,1-2H3,(H,13,15);1H/t10-;/m0./s1. The van der Waals surface area contributed by atoms with Crippen LogP contribution < -0.4 is 10.2 Å². The lowest BCUT2D eigenvalue weighted by Gasteiger charge is -2.16. The molecule has 6 heteroatoms. The van der Waals surface area contributed by atoms with E-state index in [4.69, 9.17) is 16.3 Å². The molecule has 1 heterocycles. The van der Waals surface area contributed by atoms with E-state index >= 15 is 0 Å². The topological polar surface area (TPSA) is 41.6 Å². The van der Waals surface area contributed by atoms with E-state index in [-0.39, 0.29) is 18.4 Å². The Bertz CT molecular complexity index is 424. The Balaban J connectivity index is 0.00000144. The molecule has 0 aliphatic carbocycles. The summed E-state index contributed by atoms with van der Waals surface area (Å²) in [6, 6.07) is 5.61. The number of anilines is 1. The molecule has 1 saturated heterocycles. The number of alkyl carbamates (subject to hydrolysis) is 1. The number of ether oxygens (including phenoxy) is 1. The fraction of sp³-hybridized carbons (Fsp3) is 0.364. The lowest BCUT2D eigenvalue weighted by atomic mass is 10.1. The van der Waals surface area contributed by atoms with Crippen molar-refractivity contribution in [2.75, 3.05) is 25.6 Å². The van der Waals surface area contributed by atoms with Gasteiger partial charge in [-0.25, -0.2) is 4.79 Å². The first-order chi connectivity index (χ1) is 7.58. The van der Waals surface area contributed by atoms with Gasteiger partial charge in [0.15, 0.2) is 0 Å². The molecule has 0 unspecified atom stereocenters. The molecule has 17 heavy (non-hydrogen) atoms. The van der Waals surface area contributed by atoms with Crippen LogP contribution in [0.15, 0.2) is 18.2 Å². The molecular weight excluding hydrogens is 263 g/mol. The first-order valence-corrected chi connectivity index (χ1v) is 5.36. The maximum atomic E-state index is 10.9. The summed E-state index contributed by atoms with van der Waals surface area (Å²) in [5.41, 5.74) is 1.91. The van der Waals surface area contributed by atoms with Crippen molar-refractivity contribution in [1.29, 1.82) is 0 Å². The van der Waals surface area contributed by atoms with Crippen LogP contribution in [0.4, 0.5) is 10.5 Å². The Morgan fingerprint density at radius 3 is 2.65 bits per heavy atom. The Labute approximate surface area is 111 Å². The SMILES string of the molecule is CN(C)c1ccc([C@@H]2COC(=O)N2)c(Cl)c1.Cl. The second kappa shape index (κ2) is 5.47. The average molecular weight is 277 g/mol. The zero-order valence-corrected chi connectivity index (χ0v) is 11.1. The summed E-state index contributed by atoms with van der Waals surface area (Å²) in [5, 5.41) is 3.34. The maximum Gasteiger partial charge on any atom is 0.407 e. The molecule has 0 aromatic heterocycles. The van der Waals surface area contributed by atoms with E-state index in [2.05, 4.69) is 5.32 Å². The molecule has 1 aromatic carbocycles. The first kappa shape index (κ1) is 13.9. The highest BCUT2D eigenvalue weighted by Gasteiger charge is 2.25. The molecule has 94 valence electrons. The third kappa shape index (κ3) is 2.96. The minimum Gasteiger partial charge on any atom is -0.447 e. The number of rotatable bonds is 2. The van der Waals surface area contributed by atoms with E-state index in [1.807, 2.05) is 37.2 Å². The molecule has 4 nitrogen and oxygen atoms in total. The average Bonchev–Trinajstić information content (AvgIpc) is 2.64. The number of nitrogens with zero attached hydrogens (tertiary/aromatic N) is 1. The van der Waals surface area contributed by atoms with Crippen molar-refractivity contribution in [3.8, 4) is 0 Å². The van der Waals surface area contributed by atoms with Crippen LogP contribution in [-0.4, -0.2) is 26.8 Å². The fourth-order valence-electron chi connectivity index (χ4n) is 1.63. The minimum atomic E-state index is -0.391. The van der Waals surface area contributed by atoms with Crippen LogP contribution in [0.1, 0.15) is 11.6 Å². The number of halogens is 2. The Morgan fingerprint density at radius 2 is 2.18 bits per heavy atom. The molecule has 1 fully saturated rings. The van der Waals surface area contributed by atoms with Gasteiger partial charge in [-0.2, -0.15) is 0 Å². The van der Waals surface area contributed by atoms with Gasteiger partial charge in [0.25, 0.3) is 0 Å². The lowest BCUT2D eigenvalue weighted by molar-refractivity contribution is 0.177. The zero-order chi connectivity index (χ0) is 11.7. The number of nitrogens with one attached hydrogen (secondary N) is 1. The third-order valence-electron chi connectivity index (χ3n) is 2.55. The Kier molecular flexibility index (Phi) is 4.48. The summed E-state index contributed by atoms with van der Waals surface area (Å²) in [5.74, 6) is 0. The number of carbonyl (C=O) groups excluding carboxylic acids is 1. The van der Waals surface area contributed by atoms with Crippen molar-refractivity contribution in [2.45, 2.75) is 6.04 Å². The van der Waals surface area contributed by atoms with Crippen LogP contribution in [0.5, 0.6) is 0 Å². The molecule has 0 radical (unpaired) electrons. The molecule has 0 bridgehead atoms. The fourth-order valence-corrected chi connectivity index (χ4v) is 1.94. The van der Waals surface area contributed by atoms with E-state index in [0.29, 0.717) is 11.6 Å². The van der Waals surface area contributed by atoms with Crippen LogP contribution in [-0.2, 0) is 4.74 Å². The predicted molar refractivity (Wildman–Crippen MR) is 70.3 cm³/mol. The predicted octanol–water partition coefficient (Wildman–Crippen LogP) is 2.61. The van der Waals surface area contributed by atoms with Gasteiger partial charge in [0.05, 0.1) is 6.04 Å². The molecule has 1 amide bonds. The highest BCUT2D eigenvalue weighted by Crippen LogP contribution is 2.29. The van der Waals surface area contributed by atoms with Gasteiger partial charge in [-0.15, -0.1) is 12.4 Å². The number of amides is 1. The van der Waals surface area contributed by atoms with Crippen LogP contribution in [0, 0.1) is 0 Å². The molecule has 2 rings (SSSR count). The summed E-state index contributed by atoms with van der Waals surface area (Å²) in [4.78, 5) is 12.9. The highest BCUT2D eigenvalue weighted by molar-refractivity contribution is 6.31. The van der Waals surface area contributed by atoms with Crippen LogP contribution >= 0.6 is 24.0 Å². The van der Waals surface area contributed by atoms with E-state index in [1.165, 1.54) is 0 Å². The Morgan fingerprint density at radius 1 is 1.47 bits per heavy atom. The van der Waals surface area contributed by atoms with Gasteiger partial charge in [-0.3, -0.25) is 0 Å². The van der Waals surface area contributed by atoms with Gasteiger partial charge in [-0.1, -0.05) is 17.7 Å². The molecule has 1 N–H and O–H groups in total. The molecule has 0 spiro atoms. The summed E-state index contributed by atoms with van der Waals surface area (Å²) >= 11 is 6.17. The first-order valence-electron chi connectivity index (χ1n) is 4.98. The summed E-state index contributed by atoms with van der Waals surface area (Å²) in [6.07, 6.45) is -0.391. The van der Waals surface area contributed by atoms with E-state index < -0.39 is 6.09 Å². The van der Waals surface area contributed by atoms with Crippen molar-refractivity contribution in [2.24, 2.45) is 0 Å². The van der Waals surface area contributed by atoms with Crippen LogP contribution in [0.2, 0.25) is 5.02 Å². The number of cyclic esters (lactones) is 1. The smallest absolute Gasteiger partial charge is 0.407 e. The highest BCUT2D eigenvalue weighted by atomic mass is 35.5. The van der Waals surface area contributed by atoms with E-state index in [0.717, 1.165) is 11.3 Å². The normalized spacial score (nSPS) is 18.1. The lowest BCUT2D eigenvalue weighted by Crippen LogP contribution is -2.18. The monoisotopic (exact) mass is 276 g/mol. The molecule has 1 aliphatic rings. The van der Waals surface area contributed by atoms with Crippen LogP contribution in [0.3, 0.4) is 0 Å². The number of benzene rings is 1. The molecular formula is C11H14Cl2N2O2. The molecule has 1 aliphatic heterocycles. The number of hydrogen-bond donors (Lipinski definition) is 1. The molecule has 1 atom stereocenters. The summed E-state index contributed by atoms with van der Waals surface area (Å²) < 4.78 is 4.83. The van der Waals surface area contributed by atoms with Crippen molar-refractivity contribution in [1.82, 2.24) is 5.32 Å². The van der Waals surface area contributed by atoms with Gasteiger partial charge >= 0.3 is 6.09 Å². The minimum absolute atomic E-state index is 0. The van der Waals surface area contributed by atoms with E-state index in [1.54, 1.807) is 0 Å². The maximum absolute atomic E-state index is 10.9.